The van der Waals surface area contributed by atoms with Crippen molar-refractivity contribution in [2.45, 2.75) is 0 Å². The molecule has 0 spiro atoms. The number of carboxylic acids is 1. The molecule has 0 aromatic heterocycles. The van der Waals surface area contributed by atoms with Crippen molar-refractivity contribution in [1.29, 1.82) is 0 Å². The van der Waals surface area contributed by atoms with Crippen LogP contribution in [0.2, 0.25) is 0 Å². The Kier molecular flexibility index (Phi) is 2.64. The van der Waals surface area contributed by atoms with E-state index in [4.69, 9.17) is 15.9 Å². The lowest BCUT2D eigenvalue weighted by molar-refractivity contribution is -0.131. The van der Waals surface area contributed by atoms with E-state index in [1.807, 2.05) is 0 Å². The molecule has 4 N–H and O–H groups in total. The van der Waals surface area contributed by atoms with Gasteiger partial charge in [-0.1, -0.05) is 0 Å². The van der Waals surface area contributed by atoms with E-state index in [9.17, 15) is 4.79 Å². The quantitative estimate of drug-likeness (QED) is 0.401. The van der Waals surface area contributed by atoms with Gasteiger partial charge in [0.2, 0.25) is 0 Å². The van der Waals surface area contributed by atoms with Gasteiger partial charge in [-0.25, -0.2) is 4.79 Å². The van der Waals surface area contributed by atoms with E-state index >= 15 is 0 Å². The maximum absolute atomic E-state index is 9.70. The number of aliphatic carboxylic acids is 1. The summed E-state index contributed by atoms with van der Waals surface area (Å²) in [6, 6.07) is 0. The zero-order valence-corrected chi connectivity index (χ0v) is 4.16. The van der Waals surface area contributed by atoms with Crippen molar-refractivity contribution in [2.24, 2.45) is 5.73 Å². The first-order valence-corrected chi connectivity index (χ1v) is 1.96. The average Bonchev–Trinajstić information content (AvgIpc) is 1.65. The van der Waals surface area contributed by atoms with E-state index in [0.717, 1.165) is 6.08 Å². The molecule has 0 atom stereocenters. The minimum Gasteiger partial charge on any atom is -0.478 e. The number of nitrogens with two attached hydrogens (primary N) is 1. The van der Waals surface area contributed by atoms with Gasteiger partial charge in [-0.3, -0.25) is 0 Å². The first kappa shape index (κ1) is 6.97. The van der Waals surface area contributed by atoms with Gasteiger partial charge in [0, 0.05) is 11.8 Å². The predicted octanol–water partition coefficient (Wildman–Crippen LogP) is -1.09. The standard InChI is InChI=1S/C4H7NO3/c5-3(2-6)1-4(7)8/h1,6H,2,5H2,(H,7,8)/b3-1-. The molecular weight excluding hydrogens is 110 g/mol. The Labute approximate surface area is 46.2 Å². The van der Waals surface area contributed by atoms with Crippen molar-refractivity contribution in [3.05, 3.63) is 11.8 Å². The summed E-state index contributed by atoms with van der Waals surface area (Å²) >= 11 is 0. The van der Waals surface area contributed by atoms with Gasteiger partial charge in [0.05, 0.1) is 6.61 Å². The van der Waals surface area contributed by atoms with Gasteiger partial charge in [0.1, 0.15) is 0 Å². The fourth-order valence-electron chi connectivity index (χ4n) is 0.204. The number of aliphatic hydroxyl groups is 1. The highest BCUT2D eigenvalue weighted by molar-refractivity contribution is 5.80. The summed E-state index contributed by atoms with van der Waals surface area (Å²) in [4.78, 5) is 9.70. The molecule has 0 rings (SSSR count). The zero-order valence-electron chi connectivity index (χ0n) is 4.16. The van der Waals surface area contributed by atoms with Crippen molar-refractivity contribution in [1.82, 2.24) is 0 Å². The maximum atomic E-state index is 9.70. The molecule has 0 unspecified atom stereocenters. The Bertz CT molecular complexity index is 118. The first-order chi connectivity index (χ1) is 3.66. The van der Waals surface area contributed by atoms with Gasteiger partial charge in [-0.15, -0.1) is 0 Å². The Morgan fingerprint density at radius 3 is 2.38 bits per heavy atom. The average molecular weight is 117 g/mol. The molecule has 0 radical (unpaired) electrons. The zero-order chi connectivity index (χ0) is 6.57. The van der Waals surface area contributed by atoms with E-state index in [-0.39, 0.29) is 5.70 Å². The van der Waals surface area contributed by atoms with Crippen LogP contribution >= 0.6 is 0 Å². The van der Waals surface area contributed by atoms with Gasteiger partial charge in [0.25, 0.3) is 0 Å². The van der Waals surface area contributed by atoms with Gasteiger partial charge >= 0.3 is 5.97 Å². The minimum absolute atomic E-state index is 0.0440. The van der Waals surface area contributed by atoms with Crippen LogP contribution in [-0.4, -0.2) is 22.8 Å². The van der Waals surface area contributed by atoms with Crippen LogP contribution in [0.5, 0.6) is 0 Å². The van der Waals surface area contributed by atoms with E-state index in [1.165, 1.54) is 0 Å². The summed E-state index contributed by atoms with van der Waals surface area (Å²) in [6.07, 6.45) is 0.750. The van der Waals surface area contributed by atoms with E-state index < -0.39 is 12.6 Å². The monoisotopic (exact) mass is 117 g/mol. The lowest BCUT2D eigenvalue weighted by Gasteiger charge is -1.88. The molecule has 0 aromatic rings. The summed E-state index contributed by atoms with van der Waals surface area (Å²) in [5.74, 6) is -1.14. The second kappa shape index (κ2) is 3.04. The highest BCUT2D eigenvalue weighted by atomic mass is 16.4. The predicted molar refractivity (Wildman–Crippen MR) is 27.0 cm³/mol. The number of hydrogen-bond acceptors (Lipinski definition) is 3. The molecule has 8 heavy (non-hydrogen) atoms. The second-order valence-corrected chi connectivity index (χ2v) is 1.22. The Balaban J connectivity index is 3.75. The summed E-state index contributed by atoms with van der Waals surface area (Å²) < 4.78 is 0. The SMILES string of the molecule is N/C(=C\C(=O)O)CO. The third kappa shape index (κ3) is 3.17. The molecule has 0 aliphatic rings. The maximum Gasteiger partial charge on any atom is 0.330 e. The van der Waals surface area contributed by atoms with E-state index in [1.54, 1.807) is 0 Å². The fraction of sp³-hybridized carbons (Fsp3) is 0.250. The van der Waals surface area contributed by atoms with Gasteiger partial charge in [0.15, 0.2) is 0 Å². The fourth-order valence-corrected chi connectivity index (χ4v) is 0.204. The Morgan fingerprint density at radius 1 is 1.75 bits per heavy atom. The Hall–Kier alpha value is -1.03. The third-order valence-corrected chi connectivity index (χ3v) is 0.491. The molecule has 0 aliphatic heterocycles. The molecule has 0 heterocycles. The molecule has 4 heteroatoms. The third-order valence-electron chi connectivity index (χ3n) is 0.491. The van der Waals surface area contributed by atoms with Crippen LogP contribution in [0.1, 0.15) is 0 Å². The summed E-state index contributed by atoms with van der Waals surface area (Å²) in [7, 11) is 0. The Morgan fingerprint density at radius 2 is 2.25 bits per heavy atom. The molecule has 4 nitrogen and oxygen atoms in total. The molecule has 46 valence electrons. The second-order valence-electron chi connectivity index (χ2n) is 1.22. The number of hydrogen-bond donors (Lipinski definition) is 3. The summed E-state index contributed by atoms with van der Waals surface area (Å²) in [5, 5.41) is 16.1. The van der Waals surface area contributed by atoms with Crippen LogP contribution in [-0.2, 0) is 4.79 Å². The molecule has 0 saturated heterocycles. The van der Waals surface area contributed by atoms with Crippen LogP contribution in [0.4, 0.5) is 0 Å². The normalized spacial score (nSPS) is 11.4. The number of carboxylic acid groups (broad SMARTS) is 1. The van der Waals surface area contributed by atoms with Crippen molar-refractivity contribution in [3.63, 3.8) is 0 Å². The number of aliphatic hydroxyl groups excluding tert-OH is 1. The summed E-state index contributed by atoms with van der Waals surface area (Å²) in [5.41, 5.74) is 4.86. The van der Waals surface area contributed by atoms with Crippen LogP contribution in [0.25, 0.3) is 0 Å². The molecule has 0 amide bonds. The minimum atomic E-state index is -1.14. The lowest BCUT2D eigenvalue weighted by Crippen LogP contribution is -2.04. The van der Waals surface area contributed by atoms with Crippen molar-refractivity contribution >= 4 is 5.97 Å². The van der Waals surface area contributed by atoms with E-state index in [0.29, 0.717) is 0 Å². The molecular formula is C4H7NO3. The summed E-state index contributed by atoms with van der Waals surface area (Å²) in [6.45, 7) is -0.410. The van der Waals surface area contributed by atoms with Crippen molar-refractivity contribution in [3.8, 4) is 0 Å². The van der Waals surface area contributed by atoms with Crippen LogP contribution in [0.3, 0.4) is 0 Å². The van der Waals surface area contributed by atoms with E-state index in [2.05, 4.69) is 0 Å². The molecule has 0 aromatic carbocycles. The van der Waals surface area contributed by atoms with Crippen molar-refractivity contribution < 1.29 is 15.0 Å². The van der Waals surface area contributed by atoms with Gasteiger partial charge in [-0.2, -0.15) is 0 Å². The van der Waals surface area contributed by atoms with Crippen LogP contribution in [0.15, 0.2) is 11.8 Å². The largest absolute Gasteiger partial charge is 0.478 e. The number of rotatable bonds is 2. The molecule has 0 bridgehead atoms. The topological polar surface area (TPSA) is 83.6 Å². The number of carbonyl (C=O) groups is 1. The molecule has 0 aliphatic carbocycles. The van der Waals surface area contributed by atoms with Crippen molar-refractivity contribution in [2.75, 3.05) is 6.61 Å². The lowest BCUT2D eigenvalue weighted by atomic mass is 10.4. The first-order valence-electron chi connectivity index (χ1n) is 1.96. The highest BCUT2D eigenvalue weighted by Crippen LogP contribution is 1.78. The van der Waals surface area contributed by atoms with Crippen LogP contribution < -0.4 is 5.73 Å². The van der Waals surface area contributed by atoms with Gasteiger partial charge < -0.3 is 15.9 Å². The molecule has 0 fully saturated rings. The smallest absolute Gasteiger partial charge is 0.330 e. The molecule has 0 saturated carbocycles. The van der Waals surface area contributed by atoms with Crippen LogP contribution in [0, 0.1) is 0 Å². The highest BCUT2D eigenvalue weighted by Gasteiger charge is 1.89. The van der Waals surface area contributed by atoms with Gasteiger partial charge in [-0.05, 0) is 0 Å².